The van der Waals surface area contributed by atoms with Crippen LogP contribution < -0.4 is 5.32 Å². The van der Waals surface area contributed by atoms with Gasteiger partial charge in [-0.1, -0.05) is 29.8 Å². The quantitative estimate of drug-likeness (QED) is 0.803. The first-order valence-electron chi connectivity index (χ1n) is 9.01. The molecular weight excluding hydrogens is 400 g/mol. The molecule has 6 nitrogen and oxygen atoms in total. The predicted molar refractivity (Wildman–Crippen MR) is 109 cm³/mol. The van der Waals surface area contributed by atoms with Crippen LogP contribution in [0, 0.1) is 13.8 Å². The van der Waals surface area contributed by atoms with Crippen molar-refractivity contribution in [2.45, 2.75) is 25.2 Å². The number of amides is 1. The van der Waals surface area contributed by atoms with E-state index in [2.05, 4.69) is 5.32 Å². The summed E-state index contributed by atoms with van der Waals surface area (Å²) in [4.78, 5) is 12.4. The number of ether oxygens (including phenoxy) is 1. The fourth-order valence-electron chi connectivity index (χ4n) is 3.01. The van der Waals surface area contributed by atoms with Crippen LogP contribution in [0.25, 0.3) is 0 Å². The molecule has 0 bridgehead atoms. The number of anilines is 1. The van der Waals surface area contributed by atoms with E-state index in [1.165, 1.54) is 22.0 Å². The zero-order chi connectivity index (χ0) is 20.3. The number of hydrogen-bond acceptors (Lipinski definition) is 4. The van der Waals surface area contributed by atoms with Crippen LogP contribution in [0.3, 0.4) is 0 Å². The standard InChI is InChI=1S/C20H23ClN2O4S/c1-14-3-4-16(11-15(14)2)12-20(24)22-17-5-6-18(21)19(13-17)28(25,26)23-7-9-27-10-8-23/h3-6,11,13H,7-10,12H2,1-2H3,(H,22,24). The highest BCUT2D eigenvalue weighted by Gasteiger charge is 2.28. The number of aryl methyl sites for hydroxylation is 2. The molecule has 1 fully saturated rings. The van der Waals surface area contributed by atoms with Gasteiger partial charge in [0.05, 0.1) is 24.7 Å². The van der Waals surface area contributed by atoms with Gasteiger partial charge < -0.3 is 10.1 Å². The summed E-state index contributed by atoms with van der Waals surface area (Å²) in [5.74, 6) is -0.222. The minimum Gasteiger partial charge on any atom is -0.379 e. The molecule has 0 spiro atoms. The zero-order valence-electron chi connectivity index (χ0n) is 15.9. The number of benzene rings is 2. The highest BCUT2D eigenvalue weighted by atomic mass is 35.5. The van der Waals surface area contributed by atoms with E-state index < -0.39 is 10.0 Å². The molecule has 3 rings (SSSR count). The molecule has 150 valence electrons. The van der Waals surface area contributed by atoms with Crippen molar-refractivity contribution in [3.8, 4) is 0 Å². The van der Waals surface area contributed by atoms with Gasteiger partial charge in [0, 0.05) is 18.8 Å². The van der Waals surface area contributed by atoms with Gasteiger partial charge in [-0.2, -0.15) is 4.31 Å². The van der Waals surface area contributed by atoms with E-state index in [9.17, 15) is 13.2 Å². The van der Waals surface area contributed by atoms with Gasteiger partial charge >= 0.3 is 0 Å². The van der Waals surface area contributed by atoms with Crippen LogP contribution in [0.1, 0.15) is 16.7 Å². The van der Waals surface area contributed by atoms with Crippen molar-refractivity contribution in [2.24, 2.45) is 0 Å². The summed E-state index contributed by atoms with van der Waals surface area (Å²) in [6.45, 7) is 5.28. The maximum atomic E-state index is 12.9. The summed E-state index contributed by atoms with van der Waals surface area (Å²) in [6.07, 6.45) is 0.204. The average Bonchev–Trinajstić information content (AvgIpc) is 2.67. The predicted octanol–water partition coefficient (Wildman–Crippen LogP) is 3.16. The minimum atomic E-state index is -3.75. The first-order valence-corrected chi connectivity index (χ1v) is 10.8. The third-order valence-electron chi connectivity index (χ3n) is 4.74. The van der Waals surface area contributed by atoms with Crippen molar-refractivity contribution in [3.05, 3.63) is 58.1 Å². The number of sulfonamides is 1. The van der Waals surface area contributed by atoms with Crippen molar-refractivity contribution in [2.75, 3.05) is 31.6 Å². The fraction of sp³-hybridized carbons (Fsp3) is 0.350. The molecule has 0 aliphatic carbocycles. The summed E-state index contributed by atoms with van der Waals surface area (Å²) in [6, 6.07) is 10.4. The van der Waals surface area contributed by atoms with Crippen LogP contribution in [-0.2, 0) is 26.0 Å². The smallest absolute Gasteiger partial charge is 0.244 e. The van der Waals surface area contributed by atoms with Crippen LogP contribution in [-0.4, -0.2) is 44.9 Å². The van der Waals surface area contributed by atoms with Crippen molar-refractivity contribution >= 4 is 33.2 Å². The molecule has 1 aliphatic heterocycles. The van der Waals surface area contributed by atoms with Gasteiger partial charge in [-0.25, -0.2) is 8.42 Å². The van der Waals surface area contributed by atoms with Crippen molar-refractivity contribution in [1.29, 1.82) is 0 Å². The van der Waals surface area contributed by atoms with Crippen LogP contribution in [0.4, 0.5) is 5.69 Å². The summed E-state index contributed by atoms with van der Waals surface area (Å²) < 4.78 is 32.3. The molecule has 0 aromatic heterocycles. The Kier molecular flexibility index (Phi) is 6.40. The van der Waals surface area contributed by atoms with E-state index in [0.29, 0.717) is 18.9 Å². The molecule has 2 aromatic rings. The Morgan fingerprint density at radius 1 is 1.11 bits per heavy atom. The Balaban J connectivity index is 1.77. The Morgan fingerprint density at radius 3 is 2.50 bits per heavy atom. The zero-order valence-corrected chi connectivity index (χ0v) is 17.4. The summed E-state index contributed by atoms with van der Waals surface area (Å²) in [5, 5.41) is 2.89. The molecule has 1 aliphatic rings. The van der Waals surface area contributed by atoms with E-state index in [-0.39, 0.29) is 35.3 Å². The molecule has 8 heteroatoms. The van der Waals surface area contributed by atoms with Crippen molar-refractivity contribution < 1.29 is 17.9 Å². The second kappa shape index (κ2) is 8.61. The van der Waals surface area contributed by atoms with Gasteiger partial charge in [0.15, 0.2) is 0 Å². The lowest BCUT2D eigenvalue weighted by molar-refractivity contribution is -0.115. The first kappa shape index (κ1) is 20.8. The average molecular weight is 423 g/mol. The fourth-order valence-corrected chi connectivity index (χ4v) is 4.92. The molecule has 0 atom stereocenters. The second-order valence-electron chi connectivity index (χ2n) is 6.81. The maximum Gasteiger partial charge on any atom is 0.244 e. The van der Waals surface area contributed by atoms with E-state index in [1.807, 2.05) is 32.0 Å². The first-order chi connectivity index (χ1) is 13.3. The van der Waals surface area contributed by atoms with Crippen molar-refractivity contribution in [3.63, 3.8) is 0 Å². The van der Waals surface area contributed by atoms with E-state index >= 15 is 0 Å². The van der Waals surface area contributed by atoms with Crippen LogP contribution in [0.5, 0.6) is 0 Å². The topological polar surface area (TPSA) is 75.7 Å². The van der Waals surface area contributed by atoms with Gasteiger partial charge in [-0.15, -0.1) is 0 Å². The molecule has 2 aromatic carbocycles. The molecule has 1 saturated heterocycles. The monoisotopic (exact) mass is 422 g/mol. The molecule has 0 saturated carbocycles. The number of morpholine rings is 1. The maximum absolute atomic E-state index is 12.9. The molecular formula is C20H23ClN2O4S. The Morgan fingerprint density at radius 2 is 1.82 bits per heavy atom. The van der Waals surface area contributed by atoms with E-state index in [0.717, 1.165) is 11.1 Å². The van der Waals surface area contributed by atoms with Crippen molar-refractivity contribution in [1.82, 2.24) is 4.31 Å². The lowest BCUT2D eigenvalue weighted by Gasteiger charge is -2.26. The van der Waals surface area contributed by atoms with Gasteiger partial charge in [-0.05, 0) is 48.7 Å². The van der Waals surface area contributed by atoms with Gasteiger partial charge in [0.1, 0.15) is 4.90 Å². The number of halogens is 1. The van der Waals surface area contributed by atoms with Gasteiger partial charge in [-0.3, -0.25) is 4.79 Å². The van der Waals surface area contributed by atoms with Gasteiger partial charge in [0.25, 0.3) is 0 Å². The number of nitrogens with one attached hydrogen (secondary N) is 1. The lowest BCUT2D eigenvalue weighted by Crippen LogP contribution is -2.40. The minimum absolute atomic E-state index is 0.0138. The lowest BCUT2D eigenvalue weighted by atomic mass is 10.0. The Hall–Kier alpha value is -1.93. The summed E-state index contributed by atoms with van der Waals surface area (Å²) >= 11 is 6.15. The highest BCUT2D eigenvalue weighted by molar-refractivity contribution is 7.89. The Bertz CT molecular complexity index is 986. The van der Waals surface area contributed by atoms with E-state index in [1.54, 1.807) is 6.07 Å². The molecule has 28 heavy (non-hydrogen) atoms. The van der Waals surface area contributed by atoms with Gasteiger partial charge in [0.2, 0.25) is 15.9 Å². The second-order valence-corrected chi connectivity index (χ2v) is 9.12. The number of nitrogens with zero attached hydrogens (tertiary/aromatic N) is 1. The molecule has 1 heterocycles. The van der Waals surface area contributed by atoms with E-state index in [4.69, 9.17) is 16.3 Å². The third-order valence-corrected chi connectivity index (χ3v) is 7.12. The van der Waals surface area contributed by atoms with Crippen LogP contribution >= 0.6 is 11.6 Å². The molecule has 0 unspecified atom stereocenters. The summed E-state index contributed by atoms with van der Waals surface area (Å²) in [7, 11) is -3.75. The number of rotatable bonds is 5. The highest BCUT2D eigenvalue weighted by Crippen LogP contribution is 2.28. The largest absolute Gasteiger partial charge is 0.379 e. The number of hydrogen-bond donors (Lipinski definition) is 1. The molecule has 0 radical (unpaired) electrons. The van der Waals surface area contributed by atoms with Crippen LogP contribution in [0.15, 0.2) is 41.3 Å². The number of carbonyl (C=O) groups is 1. The summed E-state index contributed by atoms with van der Waals surface area (Å²) in [5.41, 5.74) is 3.58. The Labute approximate surface area is 170 Å². The normalized spacial score (nSPS) is 15.4. The molecule has 1 N–H and O–H groups in total. The third kappa shape index (κ3) is 4.72. The number of carbonyl (C=O) groups excluding carboxylic acids is 1. The van der Waals surface area contributed by atoms with Crippen LogP contribution in [0.2, 0.25) is 5.02 Å². The SMILES string of the molecule is Cc1ccc(CC(=O)Nc2ccc(Cl)c(S(=O)(=O)N3CCOCC3)c2)cc1C. The molecule has 1 amide bonds.